The first-order valence-corrected chi connectivity index (χ1v) is 10.5. The summed E-state index contributed by atoms with van der Waals surface area (Å²) in [7, 11) is 3.08. The van der Waals surface area contributed by atoms with Gasteiger partial charge in [0.2, 0.25) is 0 Å². The zero-order valence-electron chi connectivity index (χ0n) is 18.0. The monoisotopic (exact) mass is 467 g/mol. The van der Waals surface area contributed by atoms with Gasteiger partial charge in [0.15, 0.2) is 18.1 Å². The van der Waals surface area contributed by atoms with E-state index in [4.69, 9.17) is 25.8 Å². The minimum atomic E-state index is -0.688. The Bertz CT molecular complexity index is 1170. The quantitative estimate of drug-likeness (QED) is 0.545. The number of hydrogen-bond acceptors (Lipinski definition) is 6. The molecule has 0 radical (unpaired) electrons. The van der Waals surface area contributed by atoms with Crippen molar-refractivity contribution in [1.29, 1.82) is 0 Å². The molecule has 0 saturated carbocycles. The van der Waals surface area contributed by atoms with E-state index in [-0.39, 0.29) is 12.5 Å². The van der Waals surface area contributed by atoms with E-state index in [0.717, 1.165) is 0 Å². The Morgan fingerprint density at radius 3 is 2.48 bits per heavy atom. The van der Waals surface area contributed by atoms with Gasteiger partial charge in [0.1, 0.15) is 11.9 Å². The zero-order valence-corrected chi connectivity index (χ0v) is 18.8. The fraction of sp³-hybridized carbons (Fsp3) is 0.167. The van der Waals surface area contributed by atoms with Crippen molar-refractivity contribution in [3.8, 4) is 17.2 Å². The Balaban J connectivity index is 1.59. The molecule has 4 rings (SSSR count). The van der Waals surface area contributed by atoms with Gasteiger partial charge in [0.25, 0.3) is 11.8 Å². The van der Waals surface area contributed by atoms with Crippen molar-refractivity contribution in [3.05, 3.63) is 82.9 Å². The van der Waals surface area contributed by atoms with E-state index < -0.39 is 12.1 Å². The third kappa shape index (κ3) is 4.80. The maximum absolute atomic E-state index is 13.3. The van der Waals surface area contributed by atoms with Crippen molar-refractivity contribution in [2.75, 3.05) is 26.1 Å². The van der Waals surface area contributed by atoms with Gasteiger partial charge < -0.3 is 19.5 Å². The van der Waals surface area contributed by atoms with E-state index in [0.29, 0.717) is 39.1 Å². The van der Waals surface area contributed by atoms with Crippen molar-refractivity contribution in [2.45, 2.75) is 6.17 Å². The molecule has 1 heterocycles. The van der Waals surface area contributed by atoms with Gasteiger partial charge in [-0.3, -0.25) is 15.0 Å². The normalized spacial score (nSPS) is 14.7. The predicted molar refractivity (Wildman–Crippen MR) is 124 cm³/mol. The standard InChI is InChI=1S/C24H22ClN3O5/c1-31-20-12-7-15(13-21(20)32-2)23-26-19-6-4-3-5-18(19)24(30)28(23)27-22(29)14-33-17-10-8-16(25)9-11-17/h3-13,23,26H,14H2,1-2H3,(H,27,29). The SMILES string of the molecule is COc1ccc(C2Nc3ccccc3C(=O)N2NC(=O)COc2ccc(Cl)cc2)cc1OC. The molecule has 2 amide bonds. The lowest BCUT2D eigenvalue weighted by Gasteiger charge is -2.37. The first kappa shape index (κ1) is 22.3. The summed E-state index contributed by atoms with van der Waals surface area (Å²) >= 11 is 5.87. The first-order valence-electron chi connectivity index (χ1n) is 10.1. The van der Waals surface area contributed by atoms with Crippen LogP contribution in [0.4, 0.5) is 5.69 Å². The lowest BCUT2D eigenvalue weighted by Crippen LogP contribution is -2.53. The highest BCUT2D eigenvalue weighted by Gasteiger charge is 2.34. The van der Waals surface area contributed by atoms with Crippen molar-refractivity contribution in [2.24, 2.45) is 0 Å². The van der Waals surface area contributed by atoms with Crippen LogP contribution >= 0.6 is 11.6 Å². The highest BCUT2D eigenvalue weighted by molar-refractivity contribution is 6.30. The molecule has 33 heavy (non-hydrogen) atoms. The lowest BCUT2D eigenvalue weighted by atomic mass is 10.0. The van der Waals surface area contributed by atoms with Gasteiger partial charge in [0.05, 0.1) is 19.8 Å². The number of amides is 2. The van der Waals surface area contributed by atoms with Gasteiger partial charge in [-0.1, -0.05) is 29.8 Å². The molecular formula is C24H22ClN3O5. The summed E-state index contributed by atoms with van der Waals surface area (Å²) in [6.07, 6.45) is -0.688. The molecule has 1 aliphatic heterocycles. The molecule has 1 atom stereocenters. The molecule has 0 spiro atoms. The van der Waals surface area contributed by atoms with Crippen LogP contribution in [0.2, 0.25) is 5.02 Å². The Kier molecular flexibility index (Phi) is 6.55. The zero-order chi connectivity index (χ0) is 23.4. The second-order valence-electron chi connectivity index (χ2n) is 7.16. The Morgan fingerprint density at radius 2 is 1.76 bits per heavy atom. The molecule has 8 nitrogen and oxygen atoms in total. The summed E-state index contributed by atoms with van der Waals surface area (Å²) in [5, 5.41) is 5.12. The summed E-state index contributed by atoms with van der Waals surface area (Å²) in [6, 6.07) is 19.0. The van der Waals surface area contributed by atoms with Crippen LogP contribution in [0.25, 0.3) is 0 Å². The summed E-state index contributed by atoms with van der Waals surface area (Å²) in [6.45, 7) is -0.286. The number of fused-ring (bicyclic) bond motifs is 1. The van der Waals surface area contributed by atoms with Crippen LogP contribution in [0.1, 0.15) is 22.1 Å². The Hall–Kier alpha value is -3.91. The number of hydrogen-bond donors (Lipinski definition) is 2. The number of halogens is 1. The van der Waals surface area contributed by atoms with Crippen molar-refractivity contribution in [1.82, 2.24) is 10.4 Å². The Labute approximate surface area is 196 Å². The highest BCUT2D eigenvalue weighted by Crippen LogP contribution is 2.36. The van der Waals surface area contributed by atoms with E-state index in [2.05, 4.69) is 10.7 Å². The van der Waals surface area contributed by atoms with Crippen molar-refractivity contribution >= 4 is 29.1 Å². The summed E-state index contributed by atoms with van der Waals surface area (Å²) in [5.74, 6) is 0.685. The molecule has 170 valence electrons. The number of methoxy groups -OCH3 is 2. The average Bonchev–Trinajstić information content (AvgIpc) is 2.85. The predicted octanol–water partition coefficient (Wildman–Crippen LogP) is 4.03. The van der Waals surface area contributed by atoms with Gasteiger partial charge in [-0.25, -0.2) is 5.01 Å². The molecule has 0 aromatic heterocycles. The van der Waals surface area contributed by atoms with Crippen LogP contribution in [0.5, 0.6) is 17.2 Å². The number of nitrogens with one attached hydrogen (secondary N) is 2. The summed E-state index contributed by atoms with van der Waals surface area (Å²) in [4.78, 5) is 26.0. The minimum Gasteiger partial charge on any atom is -0.493 e. The van der Waals surface area contributed by atoms with Gasteiger partial charge >= 0.3 is 0 Å². The van der Waals surface area contributed by atoms with E-state index >= 15 is 0 Å². The number of benzene rings is 3. The molecule has 9 heteroatoms. The van der Waals surface area contributed by atoms with Crippen LogP contribution in [-0.2, 0) is 4.79 Å². The summed E-state index contributed by atoms with van der Waals surface area (Å²) in [5.41, 5.74) is 4.45. The highest BCUT2D eigenvalue weighted by atomic mass is 35.5. The maximum Gasteiger partial charge on any atom is 0.276 e. The van der Waals surface area contributed by atoms with Crippen LogP contribution in [-0.4, -0.2) is 37.6 Å². The average molecular weight is 468 g/mol. The molecule has 0 bridgehead atoms. The first-order chi connectivity index (χ1) is 16.0. The largest absolute Gasteiger partial charge is 0.493 e. The Morgan fingerprint density at radius 1 is 1.03 bits per heavy atom. The van der Waals surface area contributed by atoms with E-state index in [9.17, 15) is 9.59 Å². The topological polar surface area (TPSA) is 89.1 Å². The third-order valence-electron chi connectivity index (χ3n) is 5.08. The molecule has 0 saturated heterocycles. The number of para-hydroxylation sites is 1. The van der Waals surface area contributed by atoms with Crippen LogP contribution < -0.4 is 25.0 Å². The number of ether oxygens (including phenoxy) is 3. The fourth-order valence-corrected chi connectivity index (χ4v) is 3.60. The number of rotatable bonds is 7. The van der Waals surface area contributed by atoms with Crippen molar-refractivity contribution in [3.63, 3.8) is 0 Å². The van der Waals surface area contributed by atoms with E-state index in [1.807, 2.05) is 12.1 Å². The van der Waals surface area contributed by atoms with Crippen LogP contribution in [0.3, 0.4) is 0 Å². The summed E-state index contributed by atoms with van der Waals surface area (Å²) < 4.78 is 16.2. The molecule has 0 fully saturated rings. The smallest absolute Gasteiger partial charge is 0.276 e. The van der Waals surface area contributed by atoms with Crippen molar-refractivity contribution < 1.29 is 23.8 Å². The number of hydrazine groups is 1. The second kappa shape index (κ2) is 9.70. The molecular weight excluding hydrogens is 446 g/mol. The number of anilines is 1. The van der Waals surface area contributed by atoms with Gasteiger partial charge in [0, 0.05) is 16.3 Å². The number of nitrogens with zero attached hydrogens (tertiary/aromatic N) is 1. The van der Waals surface area contributed by atoms with Gasteiger partial charge in [-0.15, -0.1) is 0 Å². The van der Waals surface area contributed by atoms with Crippen LogP contribution in [0, 0.1) is 0 Å². The molecule has 1 unspecified atom stereocenters. The fourth-order valence-electron chi connectivity index (χ4n) is 3.47. The molecule has 3 aromatic carbocycles. The maximum atomic E-state index is 13.3. The van der Waals surface area contributed by atoms with Crippen LogP contribution in [0.15, 0.2) is 66.7 Å². The lowest BCUT2D eigenvalue weighted by molar-refractivity contribution is -0.127. The van der Waals surface area contributed by atoms with Gasteiger partial charge in [-0.05, 0) is 48.5 Å². The third-order valence-corrected chi connectivity index (χ3v) is 5.33. The molecule has 1 aliphatic rings. The molecule has 2 N–H and O–H groups in total. The second-order valence-corrected chi connectivity index (χ2v) is 7.60. The van der Waals surface area contributed by atoms with E-state index in [1.165, 1.54) is 12.1 Å². The number of carbonyl (C=O) groups excluding carboxylic acids is 2. The minimum absolute atomic E-state index is 0.286. The molecule has 0 aliphatic carbocycles. The number of carbonyl (C=O) groups is 2. The molecule has 3 aromatic rings. The van der Waals surface area contributed by atoms with E-state index in [1.54, 1.807) is 61.7 Å². The van der Waals surface area contributed by atoms with Gasteiger partial charge in [-0.2, -0.15) is 0 Å².